The van der Waals surface area contributed by atoms with Gasteiger partial charge in [-0.05, 0) is 80.8 Å². The Bertz CT molecular complexity index is 852. The van der Waals surface area contributed by atoms with Crippen molar-refractivity contribution >= 4 is 5.78 Å². The topological polar surface area (TPSA) is 138 Å². The minimum Gasteiger partial charge on any atom is -0.393 e. The Kier molecular flexibility index (Phi) is 6.45. The highest BCUT2D eigenvalue weighted by molar-refractivity contribution is 5.95. The molecular formula is C27H44O7. The van der Waals surface area contributed by atoms with E-state index in [2.05, 4.69) is 0 Å². The molecule has 194 valence electrons. The third kappa shape index (κ3) is 3.65. The molecule has 7 heteroatoms. The van der Waals surface area contributed by atoms with Crippen molar-refractivity contribution in [1.82, 2.24) is 0 Å². The smallest absolute Gasteiger partial charge is 0.159 e. The lowest BCUT2D eigenvalue weighted by Crippen LogP contribution is -2.65. The summed E-state index contributed by atoms with van der Waals surface area (Å²) >= 11 is 0. The normalized spacial score (nSPS) is 49.1. The molecule has 0 unspecified atom stereocenters. The number of hydrogen-bond donors (Lipinski definition) is 6. The van der Waals surface area contributed by atoms with E-state index in [1.807, 2.05) is 27.7 Å². The number of carbonyl (C=O) groups excluding carboxylic acids is 1. The Morgan fingerprint density at radius 2 is 1.76 bits per heavy atom. The lowest BCUT2D eigenvalue weighted by molar-refractivity contribution is -0.185. The van der Waals surface area contributed by atoms with E-state index in [0.717, 1.165) is 0 Å². The molecule has 4 aliphatic carbocycles. The average molecular weight is 481 g/mol. The molecule has 3 saturated carbocycles. The van der Waals surface area contributed by atoms with Crippen LogP contribution >= 0.6 is 0 Å². The van der Waals surface area contributed by atoms with E-state index >= 15 is 0 Å². The van der Waals surface area contributed by atoms with Gasteiger partial charge in [-0.15, -0.1) is 0 Å². The Morgan fingerprint density at radius 3 is 2.38 bits per heavy atom. The van der Waals surface area contributed by atoms with Gasteiger partial charge in [-0.2, -0.15) is 0 Å². The number of aliphatic hydroxyl groups is 6. The molecule has 0 heterocycles. The first kappa shape index (κ1) is 26.2. The van der Waals surface area contributed by atoms with Crippen LogP contribution in [0.1, 0.15) is 79.6 Å². The first-order valence-electron chi connectivity index (χ1n) is 13.0. The van der Waals surface area contributed by atoms with Gasteiger partial charge >= 0.3 is 0 Å². The summed E-state index contributed by atoms with van der Waals surface area (Å²) < 4.78 is 0. The van der Waals surface area contributed by atoms with Crippen LogP contribution in [0.5, 0.6) is 0 Å². The second-order valence-electron chi connectivity index (χ2n) is 13.0. The SMILES string of the molecule is CC(C)[C@H](O)CC[C@](C)(O)[C@H]1CC[C@@]2(O)C3=CC(=O)[C@@H]4C[C@@H](O)[C@@H](O)C[C@]4(C)[C@H]3[C@H](O)C[C@]12C. The van der Waals surface area contributed by atoms with Crippen LogP contribution in [0.3, 0.4) is 0 Å². The van der Waals surface area contributed by atoms with Gasteiger partial charge in [0.15, 0.2) is 5.78 Å². The number of aliphatic hydroxyl groups excluding tert-OH is 4. The molecule has 0 amide bonds. The van der Waals surface area contributed by atoms with Crippen molar-refractivity contribution < 1.29 is 35.4 Å². The molecule has 0 bridgehead atoms. The monoisotopic (exact) mass is 480 g/mol. The fraction of sp³-hybridized carbons (Fsp3) is 0.889. The van der Waals surface area contributed by atoms with Gasteiger partial charge in [0, 0.05) is 17.3 Å². The molecule has 0 radical (unpaired) electrons. The molecule has 0 aromatic carbocycles. The van der Waals surface area contributed by atoms with Crippen molar-refractivity contribution in [3.05, 3.63) is 11.6 Å². The van der Waals surface area contributed by atoms with E-state index in [0.29, 0.717) is 31.3 Å². The van der Waals surface area contributed by atoms with Gasteiger partial charge in [0.05, 0.1) is 35.6 Å². The van der Waals surface area contributed by atoms with Gasteiger partial charge in [0.25, 0.3) is 0 Å². The number of hydrogen-bond acceptors (Lipinski definition) is 7. The number of ketones is 1. The Balaban J connectivity index is 1.70. The molecule has 0 aliphatic heterocycles. The zero-order valence-electron chi connectivity index (χ0n) is 21.2. The van der Waals surface area contributed by atoms with Gasteiger partial charge < -0.3 is 30.6 Å². The molecule has 4 aliphatic rings. The van der Waals surface area contributed by atoms with E-state index in [9.17, 15) is 35.4 Å². The van der Waals surface area contributed by atoms with E-state index < -0.39 is 58.3 Å². The quantitative estimate of drug-likeness (QED) is 0.352. The van der Waals surface area contributed by atoms with Crippen molar-refractivity contribution in [3.63, 3.8) is 0 Å². The minimum absolute atomic E-state index is 0.0839. The maximum absolute atomic E-state index is 13.3. The van der Waals surface area contributed by atoms with Crippen LogP contribution in [-0.4, -0.2) is 72.0 Å². The Morgan fingerprint density at radius 1 is 1.12 bits per heavy atom. The van der Waals surface area contributed by atoms with Crippen LogP contribution in [0, 0.1) is 34.5 Å². The highest BCUT2D eigenvalue weighted by Gasteiger charge is 2.70. The molecule has 4 rings (SSSR count). The van der Waals surface area contributed by atoms with Crippen LogP contribution < -0.4 is 0 Å². The van der Waals surface area contributed by atoms with Crippen molar-refractivity contribution in [3.8, 4) is 0 Å². The summed E-state index contributed by atoms with van der Waals surface area (Å²) in [7, 11) is 0. The van der Waals surface area contributed by atoms with Crippen molar-refractivity contribution in [1.29, 1.82) is 0 Å². The predicted molar refractivity (Wildman–Crippen MR) is 127 cm³/mol. The molecule has 34 heavy (non-hydrogen) atoms. The van der Waals surface area contributed by atoms with Crippen LogP contribution in [0.4, 0.5) is 0 Å². The first-order chi connectivity index (χ1) is 15.6. The van der Waals surface area contributed by atoms with E-state index in [4.69, 9.17) is 0 Å². The largest absolute Gasteiger partial charge is 0.393 e. The number of fused-ring (bicyclic) bond motifs is 5. The summed E-state index contributed by atoms with van der Waals surface area (Å²) in [5.41, 5.74) is -3.59. The zero-order chi connectivity index (χ0) is 25.4. The predicted octanol–water partition coefficient (Wildman–Crippen LogP) is 1.71. The molecule has 6 N–H and O–H groups in total. The van der Waals surface area contributed by atoms with Gasteiger partial charge in [-0.3, -0.25) is 4.79 Å². The average Bonchev–Trinajstić information content (AvgIpc) is 3.00. The van der Waals surface area contributed by atoms with E-state index in [1.54, 1.807) is 6.92 Å². The summed E-state index contributed by atoms with van der Waals surface area (Å²) in [4.78, 5) is 13.3. The Labute approximate surface area is 202 Å². The summed E-state index contributed by atoms with van der Waals surface area (Å²) in [6.07, 6.45) is 0.532. The number of allylic oxidation sites excluding steroid dienone is 1. The zero-order valence-corrected chi connectivity index (χ0v) is 21.2. The molecule has 11 atom stereocenters. The van der Waals surface area contributed by atoms with Crippen LogP contribution in [0.25, 0.3) is 0 Å². The fourth-order valence-electron chi connectivity index (χ4n) is 8.43. The third-order valence-electron chi connectivity index (χ3n) is 10.5. The van der Waals surface area contributed by atoms with Gasteiger partial charge in [0.1, 0.15) is 0 Å². The number of rotatable bonds is 5. The summed E-state index contributed by atoms with van der Waals surface area (Å²) in [5.74, 6) is -1.41. The lowest BCUT2D eigenvalue weighted by Gasteiger charge is -2.62. The molecule has 0 aromatic rings. The van der Waals surface area contributed by atoms with Crippen molar-refractivity contribution in [2.45, 2.75) is 115 Å². The van der Waals surface area contributed by atoms with Crippen LogP contribution in [0.15, 0.2) is 11.6 Å². The van der Waals surface area contributed by atoms with E-state index in [-0.39, 0.29) is 36.9 Å². The maximum Gasteiger partial charge on any atom is 0.159 e. The van der Waals surface area contributed by atoms with E-state index in [1.165, 1.54) is 6.08 Å². The molecule has 0 spiro atoms. The van der Waals surface area contributed by atoms with Crippen LogP contribution in [0.2, 0.25) is 0 Å². The molecule has 0 aromatic heterocycles. The molecular weight excluding hydrogens is 436 g/mol. The second kappa shape index (κ2) is 8.35. The molecule has 7 nitrogen and oxygen atoms in total. The highest BCUT2D eigenvalue weighted by atomic mass is 16.3. The summed E-state index contributed by atoms with van der Waals surface area (Å²) in [5, 5.41) is 66.3. The van der Waals surface area contributed by atoms with Crippen molar-refractivity contribution in [2.75, 3.05) is 0 Å². The standard InChI is InChI=1S/C27H44O7/c1-14(2)17(28)6-8-26(5,33)22-7-9-27(34)16-11-18(29)15-10-19(30)20(31)12-24(15,3)23(16)21(32)13-25(22,27)4/h11,14-15,17,19-23,28,30-34H,6-10,12-13H2,1-5H3/t15-,17+,19+,20-,21+,22-,23+,24-,25+,26-,27+/m0/s1. The third-order valence-corrected chi connectivity index (χ3v) is 10.5. The lowest BCUT2D eigenvalue weighted by atomic mass is 9.45. The fourth-order valence-corrected chi connectivity index (χ4v) is 8.43. The Hall–Kier alpha value is -0.830. The van der Waals surface area contributed by atoms with Crippen LogP contribution in [-0.2, 0) is 4.79 Å². The molecule has 3 fully saturated rings. The highest BCUT2D eigenvalue weighted by Crippen LogP contribution is 2.68. The summed E-state index contributed by atoms with van der Waals surface area (Å²) in [6, 6.07) is 0. The van der Waals surface area contributed by atoms with Gasteiger partial charge in [-0.25, -0.2) is 0 Å². The second-order valence-corrected chi connectivity index (χ2v) is 13.0. The maximum atomic E-state index is 13.3. The van der Waals surface area contributed by atoms with Gasteiger partial charge in [-0.1, -0.05) is 27.7 Å². The number of carbonyl (C=O) groups is 1. The first-order valence-corrected chi connectivity index (χ1v) is 13.0. The molecule has 0 saturated heterocycles. The minimum atomic E-state index is -1.35. The van der Waals surface area contributed by atoms with Crippen molar-refractivity contribution in [2.24, 2.45) is 34.5 Å². The summed E-state index contributed by atoms with van der Waals surface area (Å²) in [6.45, 7) is 9.45. The van der Waals surface area contributed by atoms with Gasteiger partial charge in [0.2, 0.25) is 0 Å².